The van der Waals surface area contributed by atoms with Gasteiger partial charge in [-0.25, -0.2) is 0 Å². The summed E-state index contributed by atoms with van der Waals surface area (Å²) in [5, 5.41) is 4.36. The molecule has 0 atom stereocenters. The van der Waals surface area contributed by atoms with E-state index in [-0.39, 0.29) is 18.1 Å². The minimum Gasteiger partial charge on any atom is -0.486 e. The summed E-state index contributed by atoms with van der Waals surface area (Å²) in [6.07, 6.45) is -4.58. The molecule has 0 aliphatic carbocycles. The van der Waals surface area contributed by atoms with E-state index in [2.05, 4.69) is 5.32 Å². The summed E-state index contributed by atoms with van der Waals surface area (Å²) in [6, 6.07) is 21.2. The highest BCUT2D eigenvalue weighted by Gasteiger charge is 2.33. The van der Waals surface area contributed by atoms with Crippen LogP contribution in [0, 0.1) is 0 Å². The van der Waals surface area contributed by atoms with Gasteiger partial charge in [-0.1, -0.05) is 42.5 Å². The van der Waals surface area contributed by atoms with Crippen molar-refractivity contribution in [2.45, 2.75) is 12.8 Å². The molecule has 0 saturated carbocycles. The zero-order valence-electron chi connectivity index (χ0n) is 15.6. The average molecular weight is 411 g/mol. The van der Waals surface area contributed by atoms with Crippen LogP contribution in [0.5, 0.6) is 5.75 Å². The second-order valence-corrected chi connectivity index (χ2v) is 6.56. The molecule has 0 unspecified atom stereocenters. The number of anilines is 1. The Hall–Kier alpha value is -3.74. The van der Waals surface area contributed by atoms with Crippen molar-refractivity contribution in [3.05, 3.63) is 95.9 Å². The number of carbonyl (C=O) groups excluding carboxylic acids is 1. The van der Waals surface area contributed by atoms with Gasteiger partial charge in [-0.2, -0.15) is 13.2 Å². The van der Waals surface area contributed by atoms with Gasteiger partial charge in [0.25, 0.3) is 5.91 Å². The number of fused-ring (bicyclic) bond motifs is 1. The van der Waals surface area contributed by atoms with Crippen molar-refractivity contribution in [1.82, 2.24) is 0 Å². The van der Waals surface area contributed by atoms with Crippen molar-refractivity contribution in [3.8, 4) is 5.75 Å². The maximum atomic E-state index is 13.1. The molecule has 4 nitrogen and oxygen atoms in total. The zero-order chi connectivity index (χ0) is 21.1. The number of ether oxygens (including phenoxy) is 1. The third-order valence-corrected chi connectivity index (χ3v) is 4.47. The molecule has 7 heteroatoms. The number of hydrogen-bond donors (Lipinski definition) is 1. The summed E-state index contributed by atoms with van der Waals surface area (Å²) in [4.78, 5) is 12.3. The average Bonchev–Trinajstić information content (AvgIpc) is 3.21. The van der Waals surface area contributed by atoms with E-state index in [1.165, 1.54) is 24.3 Å². The molecule has 152 valence electrons. The van der Waals surface area contributed by atoms with Crippen LogP contribution in [-0.2, 0) is 12.8 Å². The molecule has 0 fully saturated rings. The fourth-order valence-corrected chi connectivity index (χ4v) is 3.01. The van der Waals surface area contributed by atoms with Gasteiger partial charge in [-0.3, -0.25) is 4.79 Å². The number of carbonyl (C=O) groups is 1. The van der Waals surface area contributed by atoms with E-state index >= 15 is 0 Å². The summed E-state index contributed by atoms with van der Waals surface area (Å²) in [5.74, 6) is 0.125. The number of furan rings is 1. The molecule has 1 heterocycles. The van der Waals surface area contributed by atoms with E-state index in [0.717, 1.165) is 16.8 Å². The molecule has 0 aliphatic heterocycles. The molecule has 0 spiro atoms. The number of alkyl halides is 3. The van der Waals surface area contributed by atoms with Gasteiger partial charge in [0.2, 0.25) is 0 Å². The predicted octanol–water partition coefficient (Wildman–Crippen LogP) is 6.28. The predicted molar refractivity (Wildman–Crippen MR) is 106 cm³/mol. The Balaban J connectivity index is 1.43. The largest absolute Gasteiger partial charge is 0.486 e. The lowest BCUT2D eigenvalue weighted by molar-refractivity contribution is -0.136. The van der Waals surface area contributed by atoms with Gasteiger partial charge < -0.3 is 14.5 Å². The summed E-state index contributed by atoms with van der Waals surface area (Å²) >= 11 is 0. The first-order valence-electron chi connectivity index (χ1n) is 9.08. The molecule has 1 aromatic heterocycles. The van der Waals surface area contributed by atoms with Crippen molar-refractivity contribution in [2.75, 3.05) is 5.32 Å². The summed E-state index contributed by atoms with van der Waals surface area (Å²) in [6.45, 7) is 0.0742. The number of nitrogens with one attached hydrogen (secondary N) is 1. The molecule has 3 aromatic carbocycles. The van der Waals surface area contributed by atoms with Crippen LogP contribution in [0.15, 0.2) is 83.3 Å². The molecule has 30 heavy (non-hydrogen) atoms. The molecule has 0 bridgehead atoms. The van der Waals surface area contributed by atoms with Crippen LogP contribution >= 0.6 is 0 Å². The van der Waals surface area contributed by atoms with Crippen molar-refractivity contribution >= 4 is 22.4 Å². The monoisotopic (exact) mass is 411 g/mol. The van der Waals surface area contributed by atoms with Gasteiger partial charge in [0.05, 0.1) is 11.3 Å². The highest BCUT2D eigenvalue weighted by atomic mass is 19.4. The first kappa shape index (κ1) is 19.6. The second kappa shape index (κ2) is 7.94. The lowest BCUT2D eigenvalue weighted by atomic mass is 10.1. The summed E-state index contributed by atoms with van der Waals surface area (Å²) in [5.41, 5.74) is -1.26. The molecule has 0 saturated heterocycles. The second-order valence-electron chi connectivity index (χ2n) is 6.56. The van der Waals surface area contributed by atoms with Gasteiger partial charge in [0.1, 0.15) is 18.1 Å². The van der Waals surface area contributed by atoms with Gasteiger partial charge in [-0.15, -0.1) is 0 Å². The van der Waals surface area contributed by atoms with Crippen molar-refractivity contribution < 1.29 is 27.1 Å². The number of benzene rings is 3. The quantitative estimate of drug-likeness (QED) is 0.420. The number of rotatable bonds is 5. The van der Waals surface area contributed by atoms with Gasteiger partial charge in [0, 0.05) is 0 Å². The lowest BCUT2D eigenvalue weighted by Gasteiger charge is -2.12. The third kappa shape index (κ3) is 4.30. The van der Waals surface area contributed by atoms with E-state index in [4.69, 9.17) is 9.15 Å². The Morgan fingerprint density at radius 1 is 0.900 bits per heavy atom. The van der Waals surface area contributed by atoms with E-state index in [0.29, 0.717) is 11.5 Å². The fourth-order valence-electron chi connectivity index (χ4n) is 3.01. The Labute approximate surface area is 169 Å². The number of halogens is 3. The Morgan fingerprint density at radius 2 is 1.63 bits per heavy atom. The molecule has 4 rings (SSSR count). The third-order valence-electron chi connectivity index (χ3n) is 4.47. The molecule has 1 N–H and O–H groups in total. The van der Waals surface area contributed by atoms with Crippen LogP contribution in [0.4, 0.5) is 18.9 Å². The van der Waals surface area contributed by atoms with Crippen LogP contribution in [0.1, 0.15) is 21.9 Å². The number of para-hydroxylation sites is 1. The smallest absolute Gasteiger partial charge is 0.418 e. The maximum absolute atomic E-state index is 13.1. The Morgan fingerprint density at radius 3 is 2.43 bits per heavy atom. The van der Waals surface area contributed by atoms with E-state index in [1.807, 2.05) is 42.5 Å². The standard InChI is InChI=1S/C23H16F3NO3/c24-23(25,26)19-7-3-4-8-20(19)27-22(28)21-12-11-18(30-21)14-29-17-10-9-15-5-1-2-6-16(15)13-17/h1-13H,14H2,(H,27,28). The Kier molecular flexibility index (Phi) is 5.18. The van der Waals surface area contributed by atoms with Crippen LogP contribution < -0.4 is 10.1 Å². The molecular weight excluding hydrogens is 395 g/mol. The number of amides is 1. The van der Waals surface area contributed by atoms with Gasteiger partial charge in [-0.05, 0) is 47.2 Å². The topological polar surface area (TPSA) is 51.5 Å². The van der Waals surface area contributed by atoms with Crippen molar-refractivity contribution in [1.29, 1.82) is 0 Å². The van der Waals surface area contributed by atoms with E-state index in [1.54, 1.807) is 6.07 Å². The molecule has 1 amide bonds. The molecular formula is C23H16F3NO3. The minimum atomic E-state index is -4.58. The van der Waals surface area contributed by atoms with Crippen LogP contribution in [0.3, 0.4) is 0 Å². The maximum Gasteiger partial charge on any atom is 0.418 e. The SMILES string of the molecule is O=C(Nc1ccccc1C(F)(F)F)c1ccc(COc2ccc3ccccc3c2)o1. The first-order valence-corrected chi connectivity index (χ1v) is 9.08. The van der Waals surface area contributed by atoms with Crippen molar-refractivity contribution in [3.63, 3.8) is 0 Å². The van der Waals surface area contributed by atoms with Crippen molar-refractivity contribution in [2.24, 2.45) is 0 Å². The van der Waals surface area contributed by atoms with Crippen LogP contribution in [0.2, 0.25) is 0 Å². The highest BCUT2D eigenvalue weighted by molar-refractivity contribution is 6.02. The van der Waals surface area contributed by atoms with Gasteiger partial charge in [0.15, 0.2) is 5.76 Å². The van der Waals surface area contributed by atoms with E-state index < -0.39 is 17.6 Å². The summed E-state index contributed by atoms with van der Waals surface area (Å²) in [7, 11) is 0. The Bertz CT molecular complexity index is 1200. The van der Waals surface area contributed by atoms with Crippen LogP contribution in [-0.4, -0.2) is 5.91 Å². The number of hydrogen-bond acceptors (Lipinski definition) is 3. The molecule has 0 aliphatic rings. The fraction of sp³-hybridized carbons (Fsp3) is 0.0870. The zero-order valence-corrected chi connectivity index (χ0v) is 15.6. The molecule has 4 aromatic rings. The lowest BCUT2D eigenvalue weighted by Crippen LogP contribution is -2.16. The highest BCUT2D eigenvalue weighted by Crippen LogP contribution is 2.34. The normalized spacial score (nSPS) is 11.4. The molecule has 0 radical (unpaired) electrons. The van der Waals surface area contributed by atoms with Crippen LogP contribution in [0.25, 0.3) is 10.8 Å². The van der Waals surface area contributed by atoms with E-state index in [9.17, 15) is 18.0 Å². The summed E-state index contributed by atoms with van der Waals surface area (Å²) < 4.78 is 50.4. The van der Waals surface area contributed by atoms with Gasteiger partial charge >= 0.3 is 6.18 Å². The first-order chi connectivity index (χ1) is 14.4. The minimum absolute atomic E-state index is 0.0742.